The second kappa shape index (κ2) is 7.98. The van der Waals surface area contributed by atoms with Crippen LogP contribution in [0.3, 0.4) is 0 Å². The van der Waals surface area contributed by atoms with Gasteiger partial charge in [0, 0.05) is 36.1 Å². The van der Waals surface area contributed by atoms with Crippen LogP contribution in [0.4, 0.5) is 5.69 Å². The minimum absolute atomic E-state index is 0.177. The summed E-state index contributed by atoms with van der Waals surface area (Å²) in [7, 11) is 1.65. The van der Waals surface area contributed by atoms with Crippen molar-refractivity contribution in [3.05, 3.63) is 90.3 Å². The van der Waals surface area contributed by atoms with Gasteiger partial charge in [-0.3, -0.25) is 9.78 Å². The molecule has 2 aromatic heterocycles. The number of hydrogen-bond acceptors (Lipinski definition) is 4. The molecule has 2 aromatic carbocycles. The summed E-state index contributed by atoms with van der Waals surface area (Å²) in [5, 5.41) is 3.80. The molecule has 0 unspecified atom stereocenters. The first-order valence-corrected chi connectivity index (χ1v) is 8.94. The van der Waals surface area contributed by atoms with Gasteiger partial charge in [0.05, 0.1) is 23.4 Å². The Morgan fingerprint density at radius 2 is 1.82 bits per heavy atom. The highest BCUT2D eigenvalue weighted by Gasteiger charge is 2.14. The summed E-state index contributed by atoms with van der Waals surface area (Å²) in [4.78, 5) is 21.9. The Morgan fingerprint density at radius 1 is 1.00 bits per heavy atom. The number of carbonyl (C=O) groups excluding carboxylic acids is 1. The molecule has 0 radical (unpaired) electrons. The number of nitrogens with zero attached hydrogens (tertiary/aromatic N) is 2. The maximum Gasteiger partial charge on any atom is 0.256 e. The summed E-state index contributed by atoms with van der Waals surface area (Å²) in [5.74, 6) is -0.177. The molecule has 2 heterocycles. The van der Waals surface area contributed by atoms with Crippen molar-refractivity contribution in [1.29, 1.82) is 0 Å². The number of fused-ring (bicyclic) bond motifs is 1. The van der Waals surface area contributed by atoms with E-state index in [9.17, 15) is 4.79 Å². The van der Waals surface area contributed by atoms with Gasteiger partial charge >= 0.3 is 0 Å². The van der Waals surface area contributed by atoms with E-state index >= 15 is 0 Å². The van der Waals surface area contributed by atoms with Gasteiger partial charge in [-0.2, -0.15) is 0 Å². The van der Waals surface area contributed by atoms with Crippen LogP contribution in [0.1, 0.15) is 15.9 Å². The molecule has 5 heteroatoms. The van der Waals surface area contributed by atoms with Crippen LogP contribution in [0.15, 0.2) is 79.1 Å². The van der Waals surface area contributed by atoms with Crippen molar-refractivity contribution >= 4 is 22.5 Å². The van der Waals surface area contributed by atoms with Crippen molar-refractivity contribution < 1.29 is 9.53 Å². The molecule has 0 spiro atoms. The zero-order valence-corrected chi connectivity index (χ0v) is 15.4. The summed E-state index contributed by atoms with van der Waals surface area (Å²) in [6.07, 6.45) is 3.43. The standard InChI is InChI=1S/C23H19N3O2/c1-28-15-16-5-4-6-18(13-16)25-23(27)20-14-22(17-9-11-24-12-10-17)26-21-8-3-2-7-19(20)21/h2-14H,15H2,1H3,(H,25,27). The predicted octanol–water partition coefficient (Wildman–Crippen LogP) is 4.70. The molecule has 1 N–H and O–H groups in total. The van der Waals surface area contributed by atoms with Gasteiger partial charge in [0.2, 0.25) is 0 Å². The number of hydrogen-bond donors (Lipinski definition) is 1. The lowest BCUT2D eigenvalue weighted by molar-refractivity contribution is 0.102. The Morgan fingerprint density at radius 3 is 2.64 bits per heavy atom. The minimum Gasteiger partial charge on any atom is -0.380 e. The third-order valence-corrected chi connectivity index (χ3v) is 4.43. The van der Waals surface area contributed by atoms with Gasteiger partial charge in [-0.05, 0) is 42.0 Å². The molecular weight excluding hydrogens is 350 g/mol. The number of nitrogens with one attached hydrogen (secondary N) is 1. The van der Waals surface area contributed by atoms with Crippen LogP contribution < -0.4 is 5.32 Å². The van der Waals surface area contributed by atoms with Gasteiger partial charge in [0.25, 0.3) is 5.91 Å². The fourth-order valence-electron chi connectivity index (χ4n) is 3.14. The van der Waals surface area contributed by atoms with E-state index in [1.54, 1.807) is 19.5 Å². The molecule has 0 aliphatic rings. The van der Waals surface area contributed by atoms with Crippen LogP contribution in [-0.4, -0.2) is 23.0 Å². The first-order valence-electron chi connectivity index (χ1n) is 8.94. The SMILES string of the molecule is COCc1cccc(NC(=O)c2cc(-c3ccncc3)nc3ccccc23)c1. The van der Waals surface area contributed by atoms with Crippen LogP contribution in [0, 0.1) is 0 Å². The number of benzene rings is 2. The van der Waals surface area contributed by atoms with Gasteiger partial charge in [0.1, 0.15) is 0 Å². The molecule has 0 fully saturated rings. The predicted molar refractivity (Wildman–Crippen MR) is 110 cm³/mol. The van der Waals surface area contributed by atoms with Crippen LogP contribution in [0.2, 0.25) is 0 Å². The average molecular weight is 369 g/mol. The monoisotopic (exact) mass is 369 g/mol. The van der Waals surface area contributed by atoms with Crippen LogP contribution >= 0.6 is 0 Å². The summed E-state index contributed by atoms with van der Waals surface area (Å²) in [5.41, 5.74) is 4.73. The van der Waals surface area contributed by atoms with Crippen molar-refractivity contribution in [1.82, 2.24) is 9.97 Å². The number of aromatic nitrogens is 2. The molecule has 0 saturated heterocycles. The Bertz CT molecular complexity index is 1130. The molecule has 138 valence electrons. The van der Waals surface area contributed by atoms with Gasteiger partial charge in [-0.25, -0.2) is 4.98 Å². The number of anilines is 1. The average Bonchev–Trinajstić information content (AvgIpc) is 2.74. The zero-order chi connectivity index (χ0) is 19.3. The van der Waals surface area contributed by atoms with Crippen molar-refractivity contribution in [2.24, 2.45) is 0 Å². The smallest absolute Gasteiger partial charge is 0.256 e. The van der Waals surface area contributed by atoms with Crippen LogP contribution in [-0.2, 0) is 11.3 Å². The fraction of sp³-hybridized carbons (Fsp3) is 0.0870. The van der Waals surface area contributed by atoms with Gasteiger partial charge < -0.3 is 10.1 Å². The number of para-hydroxylation sites is 1. The Labute approximate surface area is 163 Å². The van der Waals surface area contributed by atoms with Crippen molar-refractivity contribution in [3.8, 4) is 11.3 Å². The molecule has 4 rings (SSSR count). The topological polar surface area (TPSA) is 64.1 Å². The number of amides is 1. The van der Waals surface area contributed by atoms with Crippen molar-refractivity contribution in [3.63, 3.8) is 0 Å². The van der Waals surface area contributed by atoms with E-state index < -0.39 is 0 Å². The summed E-state index contributed by atoms with van der Waals surface area (Å²) in [6, 6.07) is 20.9. The molecule has 0 aliphatic carbocycles. The number of pyridine rings is 2. The molecule has 0 aliphatic heterocycles. The lowest BCUT2D eigenvalue weighted by atomic mass is 10.0. The number of carbonyl (C=O) groups is 1. The number of methoxy groups -OCH3 is 1. The lowest BCUT2D eigenvalue weighted by Gasteiger charge is -2.11. The highest BCUT2D eigenvalue weighted by Crippen LogP contribution is 2.25. The maximum atomic E-state index is 13.1. The summed E-state index contributed by atoms with van der Waals surface area (Å²) in [6.45, 7) is 0.494. The largest absolute Gasteiger partial charge is 0.380 e. The molecule has 0 bridgehead atoms. The minimum atomic E-state index is -0.177. The lowest BCUT2D eigenvalue weighted by Crippen LogP contribution is -2.13. The van der Waals surface area contributed by atoms with E-state index in [1.807, 2.05) is 66.7 Å². The molecule has 5 nitrogen and oxygen atoms in total. The molecule has 1 amide bonds. The van der Waals surface area contributed by atoms with E-state index in [4.69, 9.17) is 9.72 Å². The number of ether oxygens (including phenoxy) is 1. The highest BCUT2D eigenvalue weighted by molar-refractivity contribution is 6.13. The van der Waals surface area contributed by atoms with Gasteiger partial charge in [-0.1, -0.05) is 30.3 Å². The number of rotatable bonds is 5. The fourth-order valence-corrected chi connectivity index (χ4v) is 3.14. The third-order valence-electron chi connectivity index (χ3n) is 4.43. The van der Waals surface area contributed by atoms with E-state index in [1.165, 1.54) is 0 Å². The maximum absolute atomic E-state index is 13.1. The molecule has 0 atom stereocenters. The second-order valence-corrected chi connectivity index (χ2v) is 6.40. The first kappa shape index (κ1) is 17.8. The summed E-state index contributed by atoms with van der Waals surface area (Å²) >= 11 is 0. The normalized spacial score (nSPS) is 10.8. The van der Waals surface area contributed by atoms with Gasteiger partial charge in [0.15, 0.2) is 0 Å². The van der Waals surface area contributed by atoms with Crippen molar-refractivity contribution in [2.45, 2.75) is 6.61 Å². The van der Waals surface area contributed by atoms with E-state index in [0.717, 1.165) is 33.4 Å². The van der Waals surface area contributed by atoms with E-state index in [-0.39, 0.29) is 5.91 Å². The summed E-state index contributed by atoms with van der Waals surface area (Å²) < 4.78 is 5.17. The first-order chi connectivity index (χ1) is 13.7. The third kappa shape index (κ3) is 3.75. The van der Waals surface area contributed by atoms with Crippen LogP contribution in [0.25, 0.3) is 22.2 Å². The second-order valence-electron chi connectivity index (χ2n) is 6.40. The quantitative estimate of drug-likeness (QED) is 0.554. The van der Waals surface area contributed by atoms with Crippen molar-refractivity contribution in [2.75, 3.05) is 12.4 Å². The molecule has 28 heavy (non-hydrogen) atoms. The Hall–Kier alpha value is -3.57. The van der Waals surface area contributed by atoms with Crippen LogP contribution in [0.5, 0.6) is 0 Å². The molecule has 4 aromatic rings. The highest BCUT2D eigenvalue weighted by atomic mass is 16.5. The Kier molecular flexibility index (Phi) is 5.08. The molecular formula is C23H19N3O2. The zero-order valence-electron chi connectivity index (χ0n) is 15.4. The molecule has 0 saturated carbocycles. The van der Waals surface area contributed by atoms with E-state index in [2.05, 4.69) is 10.3 Å². The van der Waals surface area contributed by atoms with Gasteiger partial charge in [-0.15, -0.1) is 0 Å². The van der Waals surface area contributed by atoms with E-state index in [0.29, 0.717) is 12.2 Å². The Balaban J connectivity index is 1.74.